The van der Waals surface area contributed by atoms with Crippen molar-refractivity contribution < 1.29 is 17.9 Å². The first-order valence-electron chi connectivity index (χ1n) is 11.2. The highest BCUT2D eigenvalue weighted by atomic mass is 32.2. The average molecular weight is 480 g/mol. The molecule has 178 valence electrons. The molecule has 0 radical (unpaired) electrons. The van der Waals surface area contributed by atoms with Crippen molar-refractivity contribution in [2.45, 2.75) is 18.7 Å². The molecule has 1 aliphatic heterocycles. The Hall–Kier alpha value is -3.52. The molecule has 7 nitrogen and oxygen atoms in total. The van der Waals surface area contributed by atoms with Gasteiger partial charge in [0.2, 0.25) is 0 Å². The van der Waals surface area contributed by atoms with Crippen LogP contribution >= 0.6 is 0 Å². The first-order chi connectivity index (χ1) is 16.3. The molecule has 0 unspecified atom stereocenters. The van der Waals surface area contributed by atoms with E-state index in [2.05, 4.69) is 41.7 Å². The molecule has 0 atom stereocenters. The molecule has 3 aromatic rings. The molecule has 0 bridgehead atoms. The van der Waals surface area contributed by atoms with Crippen LogP contribution in [0.1, 0.15) is 21.5 Å². The molecule has 0 aromatic heterocycles. The summed E-state index contributed by atoms with van der Waals surface area (Å²) in [5.74, 6) is 0.245. The quantitative estimate of drug-likeness (QED) is 0.577. The fraction of sp³-hybridized carbons (Fsp3) is 0.269. The van der Waals surface area contributed by atoms with Gasteiger partial charge < -0.3 is 14.5 Å². The second-order valence-electron chi connectivity index (χ2n) is 8.33. The van der Waals surface area contributed by atoms with Crippen LogP contribution in [0.2, 0.25) is 0 Å². The number of amides is 1. The summed E-state index contributed by atoms with van der Waals surface area (Å²) in [6.07, 6.45) is 0. The minimum absolute atomic E-state index is 0.0262. The van der Waals surface area contributed by atoms with Crippen molar-refractivity contribution in [3.63, 3.8) is 0 Å². The molecule has 1 N–H and O–H groups in total. The SMILES string of the molecule is COc1ccccc1NS(=O)(=O)c1cccc(C(=O)N2CCN(c3cccc(C)c3C)CC2)c1. The number of nitrogens with zero attached hydrogens (tertiary/aromatic N) is 2. The van der Waals surface area contributed by atoms with Gasteiger partial charge in [0.25, 0.3) is 15.9 Å². The number of benzene rings is 3. The number of sulfonamides is 1. The molecule has 1 saturated heterocycles. The topological polar surface area (TPSA) is 78.9 Å². The monoisotopic (exact) mass is 479 g/mol. The average Bonchev–Trinajstić information content (AvgIpc) is 2.85. The molecule has 1 amide bonds. The fourth-order valence-corrected chi connectivity index (χ4v) is 5.26. The number of methoxy groups -OCH3 is 1. The normalized spacial score (nSPS) is 14.1. The Bertz CT molecular complexity index is 1300. The van der Waals surface area contributed by atoms with Crippen LogP contribution in [0.4, 0.5) is 11.4 Å². The summed E-state index contributed by atoms with van der Waals surface area (Å²) in [5, 5.41) is 0. The van der Waals surface area contributed by atoms with Gasteiger partial charge in [-0.05, 0) is 61.4 Å². The number of para-hydroxylation sites is 2. The zero-order valence-electron chi connectivity index (χ0n) is 19.6. The summed E-state index contributed by atoms with van der Waals surface area (Å²) in [5.41, 5.74) is 4.38. The standard InChI is InChI=1S/C26H29N3O4S/c1-19-8-6-12-24(20(19)2)28-14-16-29(17-15-28)26(30)21-9-7-10-22(18-21)34(31,32)27-23-11-4-5-13-25(23)33-3/h4-13,18,27H,14-17H2,1-3H3. The van der Waals surface area contributed by atoms with Crippen molar-refractivity contribution >= 4 is 27.3 Å². The van der Waals surface area contributed by atoms with Crippen molar-refractivity contribution in [3.8, 4) is 5.75 Å². The Morgan fingerprint density at radius 3 is 2.35 bits per heavy atom. The van der Waals surface area contributed by atoms with Gasteiger partial charge in [0, 0.05) is 37.4 Å². The summed E-state index contributed by atoms with van der Waals surface area (Å²) in [6, 6.07) is 19.2. The predicted molar refractivity (Wildman–Crippen MR) is 134 cm³/mol. The highest BCUT2D eigenvalue weighted by molar-refractivity contribution is 7.92. The van der Waals surface area contributed by atoms with E-state index in [9.17, 15) is 13.2 Å². The van der Waals surface area contributed by atoms with Crippen LogP contribution in [0, 0.1) is 13.8 Å². The first-order valence-corrected chi connectivity index (χ1v) is 12.6. The maximum atomic E-state index is 13.2. The van der Waals surface area contributed by atoms with Gasteiger partial charge in [-0.15, -0.1) is 0 Å². The van der Waals surface area contributed by atoms with Gasteiger partial charge in [-0.25, -0.2) is 8.42 Å². The summed E-state index contributed by atoms with van der Waals surface area (Å²) in [4.78, 5) is 17.3. The molecule has 4 rings (SSSR count). The third kappa shape index (κ3) is 4.87. The number of carbonyl (C=O) groups excluding carboxylic acids is 1. The maximum absolute atomic E-state index is 13.2. The third-order valence-electron chi connectivity index (χ3n) is 6.23. The lowest BCUT2D eigenvalue weighted by molar-refractivity contribution is 0.0746. The lowest BCUT2D eigenvalue weighted by atomic mass is 10.1. The number of nitrogens with one attached hydrogen (secondary N) is 1. The van der Waals surface area contributed by atoms with Crippen LogP contribution in [-0.2, 0) is 10.0 Å². The molecule has 3 aromatic carbocycles. The summed E-state index contributed by atoms with van der Waals surface area (Å²) in [6.45, 7) is 6.81. The van der Waals surface area contributed by atoms with Gasteiger partial charge in [0.05, 0.1) is 17.7 Å². The molecular weight excluding hydrogens is 450 g/mol. The van der Waals surface area contributed by atoms with Gasteiger partial charge in [-0.1, -0.05) is 30.3 Å². The Balaban J connectivity index is 1.47. The predicted octanol–water partition coefficient (Wildman–Crippen LogP) is 4.08. The van der Waals surface area contributed by atoms with Gasteiger partial charge >= 0.3 is 0 Å². The Morgan fingerprint density at radius 1 is 0.912 bits per heavy atom. The van der Waals surface area contributed by atoms with E-state index in [1.165, 1.54) is 36.1 Å². The Kier molecular flexibility index (Phi) is 6.79. The van der Waals surface area contributed by atoms with Crippen LogP contribution in [0.15, 0.2) is 71.6 Å². The van der Waals surface area contributed by atoms with Crippen LogP contribution in [-0.4, -0.2) is 52.5 Å². The minimum Gasteiger partial charge on any atom is -0.495 e. The number of anilines is 2. The zero-order valence-corrected chi connectivity index (χ0v) is 20.4. The first kappa shape index (κ1) is 23.6. The Morgan fingerprint density at radius 2 is 1.62 bits per heavy atom. The summed E-state index contributed by atoms with van der Waals surface area (Å²) in [7, 11) is -2.42. The minimum atomic E-state index is -3.90. The van der Waals surface area contributed by atoms with E-state index in [0.717, 1.165) is 13.1 Å². The van der Waals surface area contributed by atoms with E-state index in [0.29, 0.717) is 30.1 Å². The highest BCUT2D eigenvalue weighted by Crippen LogP contribution is 2.27. The molecule has 0 spiro atoms. The number of hydrogen-bond acceptors (Lipinski definition) is 5. The van der Waals surface area contributed by atoms with Crippen molar-refractivity contribution in [1.29, 1.82) is 0 Å². The lowest BCUT2D eigenvalue weighted by Crippen LogP contribution is -2.49. The number of piperazine rings is 1. The second-order valence-corrected chi connectivity index (χ2v) is 10.0. The lowest BCUT2D eigenvalue weighted by Gasteiger charge is -2.37. The molecule has 8 heteroatoms. The van der Waals surface area contributed by atoms with E-state index >= 15 is 0 Å². The number of carbonyl (C=O) groups is 1. The van der Waals surface area contributed by atoms with Crippen LogP contribution in [0.3, 0.4) is 0 Å². The number of hydrogen-bond donors (Lipinski definition) is 1. The zero-order chi connectivity index (χ0) is 24.3. The van der Waals surface area contributed by atoms with Crippen LogP contribution in [0.25, 0.3) is 0 Å². The number of ether oxygens (including phenoxy) is 1. The summed E-state index contributed by atoms with van der Waals surface area (Å²) >= 11 is 0. The van der Waals surface area contributed by atoms with Crippen molar-refractivity contribution in [2.75, 3.05) is 42.9 Å². The molecule has 0 saturated carbocycles. The molecular formula is C26H29N3O4S. The molecule has 1 fully saturated rings. The number of rotatable bonds is 6. The highest BCUT2D eigenvalue weighted by Gasteiger charge is 2.25. The van der Waals surface area contributed by atoms with Gasteiger partial charge in [0.15, 0.2) is 0 Å². The van der Waals surface area contributed by atoms with Gasteiger partial charge in [0.1, 0.15) is 5.75 Å². The van der Waals surface area contributed by atoms with E-state index in [-0.39, 0.29) is 10.8 Å². The van der Waals surface area contributed by atoms with Crippen molar-refractivity contribution in [1.82, 2.24) is 4.90 Å². The fourth-order valence-electron chi connectivity index (χ4n) is 4.14. The van der Waals surface area contributed by atoms with Gasteiger partial charge in [-0.2, -0.15) is 0 Å². The van der Waals surface area contributed by atoms with Gasteiger partial charge in [-0.3, -0.25) is 9.52 Å². The Labute approximate surface area is 201 Å². The smallest absolute Gasteiger partial charge is 0.262 e. The maximum Gasteiger partial charge on any atom is 0.262 e. The van der Waals surface area contributed by atoms with Crippen molar-refractivity contribution in [2.24, 2.45) is 0 Å². The summed E-state index contributed by atoms with van der Waals surface area (Å²) < 4.78 is 33.7. The van der Waals surface area contributed by atoms with Crippen LogP contribution in [0.5, 0.6) is 5.75 Å². The van der Waals surface area contributed by atoms with Crippen molar-refractivity contribution in [3.05, 3.63) is 83.4 Å². The molecule has 34 heavy (non-hydrogen) atoms. The van der Waals surface area contributed by atoms with E-state index in [1.54, 1.807) is 41.3 Å². The molecule has 1 aliphatic rings. The third-order valence-corrected chi connectivity index (χ3v) is 7.59. The number of aryl methyl sites for hydroxylation is 1. The van der Waals surface area contributed by atoms with E-state index < -0.39 is 10.0 Å². The van der Waals surface area contributed by atoms with E-state index in [4.69, 9.17) is 4.74 Å². The molecule has 1 heterocycles. The largest absolute Gasteiger partial charge is 0.495 e. The second kappa shape index (κ2) is 9.77. The van der Waals surface area contributed by atoms with Crippen LogP contribution < -0.4 is 14.4 Å². The van der Waals surface area contributed by atoms with E-state index in [1.807, 2.05) is 0 Å². The molecule has 0 aliphatic carbocycles.